The van der Waals surface area contributed by atoms with Crippen LogP contribution in [0.2, 0.25) is 0 Å². The Kier molecular flexibility index (Phi) is 4.73. The molecule has 0 unspecified atom stereocenters. The number of aryl methyl sites for hydroxylation is 1. The van der Waals surface area contributed by atoms with Gasteiger partial charge in [0.25, 0.3) is 11.5 Å². The Labute approximate surface area is 162 Å². The smallest absolute Gasteiger partial charge is 0.406 e. The van der Waals surface area contributed by atoms with E-state index in [4.69, 9.17) is 0 Å². The minimum atomic E-state index is -4.75. The van der Waals surface area contributed by atoms with Gasteiger partial charge in [-0.15, -0.1) is 13.2 Å². The number of nitrogens with one attached hydrogen (secondary N) is 1. The van der Waals surface area contributed by atoms with Crippen LogP contribution in [0.25, 0.3) is 10.9 Å². The Bertz CT molecular complexity index is 1140. The number of fused-ring (bicyclic) bond motifs is 2. The lowest BCUT2D eigenvalue weighted by molar-refractivity contribution is -0.274. The van der Waals surface area contributed by atoms with Gasteiger partial charge in [0.1, 0.15) is 11.6 Å². The molecule has 0 spiro atoms. The highest BCUT2D eigenvalue weighted by molar-refractivity contribution is 5.97. The number of carbonyl (C=O) groups is 1. The molecule has 0 fully saturated rings. The van der Waals surface area contributed by atoms with Crippen molar-refractivity contribution in [3.8, 4) is 5.75 Å². The summed E-state index contributed by atoms with van der Waals surface area (Å²) in [4.78, 5) is 29.4. The third kappa shape index (κ3) is 4.08. The fourth-order valence-electron chi connectivity index (χ4n) is 3.32. The van der Waals surface area contributed by atoms with Crippen LogP contribution in [-0.4, -0.2) is 21.8 Å². The second-order valence-electron chi connectivity index (χ2n) is 6.69. The summed E-state index contributed by atoms with van der Waals surface area (Å²) in [6.07, 6.45) is -3.14. The van der Waals surface area contributed by atoms with Crippen LogP contribution in [0.4, 0.5) is 13.2 Å². The molecule has 6 nitrogen and oxygen atoms in total. The monoisotopic (exact) mass is 403 g/mol. The van der Waals surface area contributed by atoms with E-state index in [1.54, 1.807) is 22.8 Å². The highest BCUT2D eigenvalue weighted by atomic mass is 19.4. The van der Waals surface area contributed by atoms with Crippen molar-refractivity contribution in [3.63, 3.8) is 0 Å². The number of halogens is 3. The molecule has 29 heavy (non-hydrogen) atoms. The van der Waals surface area contributed by atoms with Crippen LogP contribution in [0.15, 0.2) is 47.3 Å². The van der Waals surface area contributed by atoms with Gasteiger partial charge in [0, 0.05) is 25.1 Å². The highest BCUT2D eigenvalue weighted by Gasteiger charge is 2.30. The van der Waals surface area contributed by atoms with Crippen LogP contribution in [0.3, 0.4) is 0 Å². The van der Waals surface area contributed by atoms with Crippen molar-refractivity contribution in [1.29, 1.82) is 0 Å². The standard InChI is InChI=1S/C20H16F3N3O3/c21-20(22,23)29-14-6-3-12(4-7-14)11-24-18(27)13-5-8-15-16(10-13)25-17-2-1-9-26(17)19(15)28/h3-8,10H,1-2,9,11H2,(H,24,27). The van der Waals surface area contributed by atoms with E-state index < -0.39 is 6.36 Å². The molecule has 1 N–H and O–H groups in total. The summed E-state index contributed by atoms with van der Waals surface area (Å²) in [6.45, 7) is 0.787. The maximum Gasteiger partial charge on any atom is 0.573 e. The summed E-state index contributed by atoms with van der Waals surface area (Å²) in [5, 5.41) is 3.17. The number of hydrogen-bond donors (Lipinski definition) is 1. The van der Waals surface area contributed by atoms with Gasteiger partial charge in [-0.1, -0.05) is 12.1 Å². The number of carbonyl (C=O) groups excluding carboxylic acids is 1. The largest absolute Gasteiger partial charge is 0.573 e. The first-order chi connectivity index (χ1) is 13.8. The van der Waals surface area contributed by atoms with Gasteiger partial charge in [-0.05, 0) is 42.3 Å². The van der Waals surface area contributed by atoms with Crippen molar-refractivity contribution >= 4 is 16.8 Å². The number of benzene rings is 2. The molecule has 1 aliphatic rings. The van der Waals surface area contributed by atoms with Crippen LogP contribution >= 0.6 is 0 Å². The zero-order valence-electron chi connectivity index (χ0n) is 15.1. The topological polar surface area (TPSA) is 73.2 Å². The molecule has 1 aliphatic heterocycles. The Morgan fingerprint density at radius 2 is 1.93 bits per heavy atom. The van der Waals surface area contributed by atoms with Crippen LogP contribution in [-0.2, 0) is 19.5 Å². The number of nitrogens with zero attached hydrogens (tertiary/aromatic N) is 2. The fourth-order valence-corrected chi connectivity index (χ4v) is 3.32. The highest BCUT2D eigenvalue weighted by Crippen LogP contribution is 2.22. The number of aromatic nitrogens is 2. The molecule has 0 saturated carbocycles. The molecular weight excluding hydrogens is 387 g/mol. The van der Waals surface area contributed by atoms with Gasteiger partial charge in [-0.2, -0.15) is 0 Å². The first-order valence-electron chi connectivity index (χ1n) is 8.96. The minimum Gasteiger partial charge on any atom is -0.406 e. The van der Waals surface area contributed by atoms with Crippen molar-refractivity contribution < 1.29 is 22.7 Å². The molecule has 0 aliphatic carbocycles. The fraction of sp³-hybridized carbons (Fsp3) is 0.250. The van der Waals surface area contributed by atoms with Gasteiger partial charge in [0.2, 0.25) is 0 Å². The Morgan fingerprint density at radius 3 is 2.66 bits per heavy atom. The lowest BCUT2D eigenvalue weighted by atomic mass is 10.1. The second-order valence-corrected chi connectivity index (χ2v) is 6.69. The summed E-state index contributed by atoms with van der Waals surface area (Å²) in [5.74, 6) is 0.0261. The Morgan fingerprint density at radius 1 is 1.17 bits per heavy atom. The van der Waals surface area contributed by atoms with Gasteiger partial charge >= 0.3 is 6.36 Å². The van der Waals surface area contributed by atoms with Gasteiger partial charge in [0.15, 0.2) is 0 Å². The SMILES string of the molecule is O=C(NCc1ccc(OC(F)(F)F)cc1)c1ccc2c(=O)n3c(nc2c1)CCC3. The van der Waals surface area contributed by atoms with Crippen molar-refractivity contribution in [3.05, 3.63) is 69.8 Å². The minimum absolute atomic E-state index is 0.101. The molecule has 2 heterocycles. The number of hydrogen-bond acceptors (Lipinski definition) is 4. The van der Waals surface area contributed by atoms with Crippen LogP contribution in [0, 0.1) is 0 Å². The zero-order chi connectivity index (χ0) is 20.6. The number of ether oxygens (including phenoxy) is 1. The maximum absolute atomic E-state index is 12.5. The Hall–Kier alpha value is -3.36. The molecule has 2 aromatic carbocycles. The molecule has 0 radical (unpaired) electrons. The van der Waals surface area contributed by atoms with E-state index in [-0.39, 0.29) is 23.8 Å². The third-order valence-corrected chi connectivity index (χ3v) is 4.69. The number of alkyl halides is 3. The summed E-state index contributed by atoms with van der Waals surface area (Å²) < 4.78 is 42.0. The molecule has 1 amide bonds. The predicted octanol–water partition coefficient (Wildman–Crippen LogP) is 3.17. The van der Waals surface area contributed by atoms with E-state index in [1.807, 2.05) is 0 Å². The van der Waals surface area contributed by atoms with E-state index in [1.165, 1.54) is 24.3 Å². The normalized spacial score (nSPS) is 13.3. The Balaban J connectivity index is 1.47. The van der Waals surface area contributed by atoms with E-state index in [9.17, 15) is 22.8 Å². The van der Waals surface area contributed by atoms with E-state index >= 15 is 0 Å². The molecule has 150 valence electrons. The van der Waals surface area contributed by atoms with Gasteiger partial charge in [0.05, 0.1) is 10.9 Å². The predicted molar refractivity (Wildman–Crippen MR) is 98.6 cm³/mol. The number of rotatable bonds is 4. The lowest BCUT2D eigenvalue weighted by Gasteiger charge is -2.10. The average molecular weight is 403 g/mol. The number of amides is 1. The molecule has 3 aromatic rings. The first-order valence-corrected chi connectivity index (χ1v) is 8.96. The summed E-state index contributed by atoms with van der Waals surface area (Å²) in [5.41, 5.74) is 1.34. The summed E-state index contributed by atoms with van der Waals surface area (Å²) >= 11 is 0. The third-order valence-electron chi connectivity index (χ3n) is 4.69. The average Bonchev–Trinajstić information content (AvgIpc) is 3.14. The molecule has 0 saturated heterocycles. The lowest BCUT2D eigenvalue weighted by Crippen LogP contribution is -2.24. The van der Waals surface area contributed by atoms with Gasteiger partial charge in [-0.3, -0.25) is 14.2 Å². The van der Waals surface area contributed by atoms with Gasteiger partial charge < -0.3 is 10.1 Å². The summed E-state index contributed by atoms with van der Waals surface area (Å²) in [6, 6.07) is 9.97. The van der Waals surface area contributed by atoms with Crippen molar-refractivity contribution in [1.82, 2.24) is 14.9 Å². The molecule has 9 heteroatoms. The first kappa shape index (κ1) is 19.0. The van der Waals surface area contributed by atoms with Crippen LogP contribution in [0.5, 0.6) is 5.75 Å². The van der Waals surface area contributed by atoms with Crippen molar-refractivity contribution in [2.24, 2.45) is 0 Å². The van der Waals surface area contributed by atoms with Crippen molar-refractivity contribution in [2.75, 3.05) is 0 Å². The maximum atomic E-state index is 12.5. The molecular formula is C20H16F3N3O3. The molecule has 1 aromatic heterocycles. The second kappa shape index (κ2) is 7.23. The molecule has 0 atom stereocenters. The molecule has 0 bridgehead atoms. The van der Waals surface area contributed by atoms with E-state index in [0.717, 1.165) is 18.7 Å². The van der Waals surface area contributed by atoms with Crippen LogP contribution in [0.1, 0.15) is 28.2 Å². The molecule has 4 rings (SSSR count). The van der Waals surface area contributed by atoms with Crippen LogP contribution < -0.4 is 15.6 Å². The van der Waals surface area contributed by atoms with E-state index in [2.05, 4.69) is 15.0 Å². The quantitative estimate of drug-likeness (QED) is 0.726. The van der Waals surface area contributed by atoms with E-state index in [0.29, 0.717) is 28.6 Å². The summed E-state index contributed by atoms with van der Waals surface area (Å²) in [7, 11) is 0. The van der Waals surface area contributed by atoms with Crippen molar-refractivity contribution in [2.45, 2.75) is 32.3 Å². The zero-order valence-corrected chi connectivity index (χ0v) is 15.1. The van der Waals surface area contributed by atoms with Gasteiger partial charge in [-0.25, -0.2) is 4.98 Å².